The molecule has 0 aliphatic heterocycles. The lowest BCUT2D eigenvalue weighted by Crippen LogP contribution is -2.15. The fourth-order valence-corrected chi connectivity index (χ4v) is 4.21. The van der Waals surface area contributed by atoms with Crippen LogP contribution in [0.5, 0.6) is 5.75 Å². The van der Waals surface area contributed by atoms with E-state index in [0.717, 1.165) is 11.3 Å². The molecule has 3 rings (SSSR count). The summed E-state index contributed by atoms with van der Waals surface area (Å²) in [5.74, 6) is -0.569. The Bertz CT molecular complexity index is 1140. The minimum atomic E-state index is -3.86. The molecule has 1 aromatic heterocycles. The van der Waals surface area contributed by atoms with E-state index in [0.29, 0.717) is 17.0 Å². The van der Waals surface area contributed by atoms with Crippen molar-refractivity contribution in [1.29, 1.82) is 0 Å². The molecule has 9 nitrogen and oxygen atoms in total. The zero-order valence-corrected chi connectivity index (χ0v) is 16.7. The monoisotopic (exact) mass is 432 g/mol. The number of rotatable bonds is 7. The average molecular weight is 432 g/mol. The number of hydrogen-bond acceptors (Lipinski definition) is 7. The van der Waals surface area contributed by atoms with E-state index in [1.54, 1.807) is 0 Å². The Morgan fingerprint density at radius 3 is 2.31 bits per heavy atom. The second kappa shape index (κ2) is 8.29. The topological polar surface area (TPSA) is 140 Å². The zero-order chi connectivity index (χ0) is 21.0. The van der Waals surface area contributed by atoms with Gasteiger partial charge in [0.2, 0.25) is 5.91 Å². The van der Waals surface area contributed by atoms with Gasteiger partial charge in [-0.05, 0) is 48.5 Å². The minimum Gasteiger partial charge on any atom is -0.497 e. The highest BCUT2D eigenvalue weighted by Crippen LogP contribution is 2.22. The Morgan fingerprint density at radius 1 is 1.07 bits per heavy atom. The van der Waals surface area contributed by atoms with E-state index in [2.05, 4.69) is 15.0 Å². The predicted molar refractivity (Wildman–Crippen MR) is 109 cm³/mol. The first-order chi connectivity index (χ1) is 13.8. The molecule has 0 spiro atoms. The van der Waals surface area contributed by atoms with Crippen LogP contribution in [0.1, 0.15) is 20.8 Å². The number of hydrogen-bond donors (Lipinski definition) is 3. The summed E-state index contributed by atoms with van der Waals surface area (Å²) in [5.41, 5.74) is 5.96. The molecular weight excluding hydrogens is 416 g/mol. The molecule has 11 heteroatoms. The molecule has 1 heterocycles. The average Bonchev–Trinajstić information content (AvgIpc) is 3.16. The Balaban J connectivity index is 1.69. The number of thiazole rings is 1. The van der Waals surface area contributed by atoms with Crippen LogP contribution in [-0.2, 0) is 10.0 Å². The van der Waals surface area contributed by atoms with Gasteiger partial charge >= 0.3 is 0 Å². The highest BCUT2D eigenvalue weighted by atomic mass is 32.2. The minimum absolute atomic E-state index is 0.0362. The SMILES string of the molecule is COc1ccc(S(=O)(=O)Nc2nc(C(=O)Nc3ccc(C(N)=O)cc3)cs2)cc1. The normalized spacial score (nSPS) is 10.9. The van der Waals surface area contributed by atoms with Gasteiger partial charge in [-0.25, -0.2) is 13.4 Å². The Hall–Kier alpha value is -3.44. The second-order valence-electron chi connectivity index (χ2n) is 5.71. The van der Waals surface area contributed by atoms with Crippen molar-refractivity contribution >= 4 is 44.0 Å². The maximum atomic E-state index is 12.4. The zero-order valence-electron chi connectivity index (χ0n) is 15.1. The number of anilines is 2. The summed E-state index contributed by atoms with van der Waals surface area (Å²) in [5, 5.41) is 4.09. The number of ether oxygens (including phenoxy) is 1. The van der Waals surface area contributed by atoms with Crippen molar-refractivity contribution in [3.63, 3.8) is 0 Å². The fourth-order valence-electron chi connectivity index (χ4n) is 2.27. The van der Waals surface area contributed by atoms with Gasteiger partial charge in [0, 0.05) is 16.6 Å². The third-order valence-corrected chi connectivity index (χ3v) is 6.00. The van der Waals surface area contributed by atoms with Crippen LogP contribution in [0, 0.1) is 0 Å². The molecule has 0 unspecified atom stereocenters. The summed E-state index contributed by atoms with van der Waals surface area (Å²) in [7, 11) is -2.37. The Kier molecular flexibility index (Phi) is 5.80. The van der Waals surface area contributed by atoms with E-state index in [1.807, 2.05) is 0 Å². The van der Waals surface area contributed by atoms with Gasteiger partial charge in [-0.1, -0.05) is 0 Å². The second-order valence-corrected chi connectivity index (χ2v) is 8.26. The van der Waals surface area contributed by atoms with Crippen molar-refractivity contribution in [2.75, 3.05) is 17.1 Å². The van der Waals surface area contributed by atoms with Crippen LogP contribution in [0.25, 0.3) is 0 Å². The van der Waals surface area contributed by atoms with Crippen molar-refractivity contribution in [1.82, 2.24) is 4.98 Å². The third-order valence-electron chi connectivity index (χ3n) is 3.76. The lowest BCUT2D eigenvalue weighted by atomic mass is 10.2. The molecule has 0 radical (unpaired) electrons. The largest absolute Gasteiger partial charge is 0.497 e. The molecule has 0 saturated carbocycles. The van der Waals surface area contributed by atoms with Crippen molar-refractivity contribution in [2.45, 2.75) is 4.90 Å². The van der Waals surface area contributed by atoms with Gasteiger partial charge in [0.15, 0.2) is 5.13 Å². The van der Waals surface area contributed by atoms with Crippen LogP contribution in [0.2, 0.25) is 0 Å². The Morgan fingerprint density at radius 2 is 1.72 bits per heavy atom. The highest BCUT2D eigenvalue weighted by Gasteiger charge is 2.18. The van der Waals surface area contributed by atoms with Gasteiger partial charge in [-0.2, -0.15) is 0 Å². The standard InChI is InChI=1S/C18H16N4O5S2/c1-27-13-6-8-14(9-7-13)29(25,26)22-18-21-15(10-28-18)17(24)20-12-4-2-11(3-5-12)16(19)23/h2-10H,1H3,(H2,19,23)(H,20,24)(H,21,22). The number of carbonyl (C=O) groups is 2. The lowest BCUT2D eigenvalue weighted by molar-refractivity contribution is 0.0998. The lowest BCUT2D eigenvalue weighted by Gasteiger charge is -2.06. The van der Waals surface area contributed by atoms with Crippen molar-refractivity contribution in [2.24, 2.45) is 5.73 Å². The maximum Gasteiger partial charge on any atom is 0.275 e. The summed E-state index contributed by atoms with van der Waals surface area (Å²) in [4.78, 5) is 27.4. The van der Waals surface area contributed by atoms with E-state index in [1.165, 1.54) is 61.0 Å². The molecule has 0 aliphatic rings. The number of nitrogens with two attached hydrogens (primary N) is 1. The quantitative estimate of drug-likeness (QED) is 0.523. The summed E-state index contributed by atoms with van der Waals surface area (Å²) in [6.45, 7) is 0. The molecule has 0 aliphatic carbocycles. The highest BCUT2D eigenvalue weighted by molar-refractivity contribution is 7.93. The number of nitrogens with zero attached hydrogens (tertiary/aromatic N) is 1. The van der Waals surface area contributed by atoms with Crippen LogP contribution in [0.15, 0.2) is 58.8 Å². The first-order valence-corrected chi connectivity index (χ1v) is 10.5. The van der Waals surface area contributed by atoms with Gasteiger partial charge < -0.3 is 15.8 Å². The fraction of sp³-hybridized carbons (Fsp3) is 0.0556. The number of nitrogens with one attached hydrogen (secondary N) is 2. The summed E-state index contributed by atoms with van der Waals surface area (Å²) >= 11 is 0.976. The third kappa shape index (κ3) is 4.89. The molecule has 0 fully saturated rings. The van der Waals surface area contributed by atoms with Crippen LogP contribution in [0.4, 0.5) is 10.8 Å². The molecule has 0 saturated heterocycles. The smallest absolute Gasteiger partial charge is 0.275 e. The van der Waals surface area contributed by atoms with E-state index in [4.69, 9.17) is 10.5 Å². The van der Waals surface area contributed by atoms with E-state index < -0.39 is 21.8 Å². The van der Waals surface area contributed by atoms with Crippen molar-refractivity contribution in [3.05, 3.63) is 65.2 Å². The Labute approximate surface area is 170 Å². The van der Waals surface area contributed by atoms with Gasteiger partial charge in [-0.15, -0.1) is 11.3 Å². The van der Waals surface area contributed by atoms with Crippen LogP contribution >= 0.6 is 11.3 Å². The summed E-state index contributed by atoms with van der Waals surface area (Å²) in [6.07, 6.45) is 0. The number of carbonyl (C=O) groups excluding carboxylic acids is 2. The van der Waals surface area contributed by atoms with Crippen LogP contribution in [0.3, 0.4) is 0 Å². The van der Waals surface area contributed by atoms with Gasteiger partial charge in [0.1, 0.15) is 11.4 Å². The number of primary amides is 1. The molecule has 150 valence electrons. The van der Waals surface area contributed by atoms with Gasteiger partial charge in [-0.3, -0.25) is 14.3 Å². The first kappa shape index (κ1) is 20.3. The molecule has 0 atom stereocenters. The number of amides is 2. The number of methoxy groups -OCH3 is 1. The number of aromatic nitrogens is 1. The van der Waals surface area contributed by atoms with Crippen molar-refractivity contribution < 1.29 is 22.7 Å². The van der Waals surface area contributed by atoms with E-state index >= 15 is 0 Å². The predicted octanol–water partition coefficient (Wildman–Crippen LogP) is 2.30. The molecule has 2 amide bonds. The molecule has 2 aromatic carbocycles. The number of benzene rings is 2. The maximum absolute atomic E-state index is 12.4. The molecule has 29 heavy (non-hydrogen) atoms. The molecule has 3 aromatic rings. The van der Waals surface area contributed by atoms with E-state index in [9.17, 15) is 18.0 Å². The summed E-state index contributed by atoms with van der Waals surface area (Å²) < 4.78 is 32.2. The first-order valence-electron chi connectivity index (χ1n) is 8.12. The van der Waals surface area contributed by atoms with Crippen LogP contribution in [-0.4, -0.2) is 32.3 Å². The molecular formula is C18H16N4O5S2. The van der Waals surface area contributed by atoms with Crippen LogP contribution < -0.4 is 20.5 Å². The van der Waals surface area contributed by atoms with Gasteiger partial charge in [0.25, 0.3) is 15.9 Å². The number of sulfonamides is 1. The van der Waals surface area contributed by atoms with Crippen molar-refractivity contribution in [3.8, 4) is 5.75 Å². The summed E-state index contributed by atoms with van der Waals surface area (Å²) in [6, 6.07) is 11.9. The van der Waals surface area contributed by atoms with E-state index in [-0.39, 0.29) is 15.7 Å². The van der Waals surface area contributed by atoms with Gasteiger partial charge in [0.05, 0.1) is 12.0 Å². The molecule has 4 N–H and O–H groups in total. The molecule has 0 bridgehead atoms.